The molecule has 3 aromatic heterocycles. The zero-order chi connectivity index (χ0) is 37.5. The first-order chi connectivity index (χ1) is 26.2. The zero-order valence-electron chi connectivity index (χ0n) is 32.6. The monoisotopic (exact) mass is 812 g/mol. The molecule has 5 aromatic carbocycles. The molecule has 5 nitrogen and oxygen atoms in total. The maximum atomic E-state index is 6.74. The molecule has 278 valence electrons. The van der Waals surface area contributed by atoms with E-state index in [1.165, 1.54) is 27.8 Å². The number of para-hydroxylation sites is 1. The molecule has 0 aliphatic rings. The third-order valence-corrected chi connectivity index (χ3v) is 10.4. The van der Waals surface area contributed by atoms with E-state index < -0.39 is 0 Å². The van der Waals surface area contributed by atoms with Gasteiger partial charge in [-0.25, -0.2) is 4.98 Å². The van der Waals surface area contributed by atoms with Gasteiger partial charge >= 0.3 is 20.4 Å². The van der Waals surface area contributed by atoms with Crippen molar-refractivity contribution < 1.29 is 25.2 Å². The molecule has 8 aromatic rings. The fourth-order valence-electron chi connectivity index (χ4n) is 7.90. The average molecular weight is 813 g/mol. The summed E-state index contributed by atoms with van der Waals surface area (Å²) in [5.41, 5.74) is 14.5. The van der Waals surface area contributed by atoms with E-state index >= 15 is 0 Å². The molecule has 8 rings (SSSR count). The predicted octanol–water partition coefficient (Wildman–Crippen LogP) is 12.8. The Kier molecular flexibility index (Phi) is 10.9. The number of rotatable bonds is 10. The molecule has 0 unspecified atom stereocenters. The molecule has 3 heterocycles. The summed E-state index contributed by atoms with van der Waals surface area (Å²) in [6.45, 7) is 15.3. The maximum Gasteiger partial charge on any atom is 2.00 e. The van der Waals surface area contributed by atoms with Crippen molar-refractivity contribution in [3.8, 4) is 45.4 Å². The summed E-state index contributed by atoms with van der Waals surface area (Å²) in [5.74, 6) is 2.36. The molecule has 0 aliphatic carbocycles. The van der Waals surface area contributed by atoms with Gasteiger partial charge in [0.05, 0.1) is 11.4 Å². The van der Waals surface area contributed by atoms with E-state index in [4.69, 9.17) is 14.8 Å². The second-order valence-electron chi connectivity index (χ2n) is 14.8. The van der Waals surface area contributed by atoms with Crippen molar-refractivity contribution in [3.63, 3.8) is 0 Å². The van der Waals surface area contributed by atoms with Crippen LogP contribution in [0.25, 0.3) is 55.7 Å². The third kappa shape index (κ3) is 7.30. The maximum absolute atomic E-state index is 6.74. The normalized spacial score (nSPS) is 11.4. The van der Waals surface area contributed by atoms with Gasteiger partial charge in [-0.05, 0) is 98.0 Å². The van der Waals surface area contributed by atoms with E-state index in [0.717, 1.165) is 80.7 Å². The summed E-state index contributed by atoms with van der Waals surface area (Å²) < 4.78 is 11.0. The SMILES string of the molecule is CCCCc1ccnc(-n2c3[c-]c(Oc4[c-]c(-n5nc(C)c(-c6c(C)cc(C)cc6C)c5-c5ccccc5)cc(C(C)C)c4)ccc3c3ccccc32)c1.[Pd+2]. The van der Waals surface area contributed by atoms with Crippen molar-refractivity contribution in [2.45, 2.75) is 73.6 Å². The molecule has 0 bridgehead atoms. The van der Waals surface area contributed by atoms with Gasteiger partial charge in [-0.2, -0.15) is 11.2 Å². The van der Waals surface area contributed by atoms with E-state index in [-0.39, 0.29) is 26.3 Å². The standard InChI is InChI=1S/C49H46N4O.Pd/c1-8-9-15-36-22-23-50-46(26-36)52-44-19-14-13-18-42(44)43-21-20-40(30-45(43)52)54-41-28-38(31(2)3)27-39(29-41)53-49(37-16-11-10-12-17-37)48(35(7)51-53)47-33(5)24-32(4)25-34(47)6;/h10-14,16-28,31H,8-9,15H2,1-7H3;/q-2;+2. The molecule has 0 saturated heterocycles. The van der Waals surface area contributed by atoms with Crippen molar-refractivity contribution in [3.05, 3.63) is 155 Å². The minimum atomic E-state index is 0. The second kappa shape index (κ2) is 15.8. The Labute approximate surface area is 338 Å². The van der Waals surface area contributed by atoms with Gasteiger partial charge in [-0.1, -0.05) is 98.9 Å². The van der Waals surface area contributed by atoms with Crippen LogP contribution in [-0.4, -0.2) is 19.3 Å². The minimum absolute atomic E-state index is 0. The largest absolute Gasteiger partial charge is 2.00 e. The topological polar surface area (TPSA) is 44.9 Å². The van der Waals surface area contributed by atoms with E-state index in [2.05, 4.69) is 167 Å². The number of ether oxygens (including phenoxy) is 1. The van der Waals surface area contributed by atoms with Crippen molar-refractivity contribution in [1.82, 2.24) is 19.3 Å². The Morgan fingerprint density at radius 2 is 1.49 bits per heavy atom. The summed E-state index contributed by atoms with van der Waals surface area (Å²) in [6, 6.07) is 43.6. The average Bonchev–Trinajstić information content (AvgIpc) is 3.68. The van der Waals surface area contributed by atoms with Crippen molar-refractivity contribution in [2.24, 2.45) is 0 Å². The first kappa shape index (κ1) is 38.0. The predicted molar refractivity (Wildman–Crippen MR) is 222 cm³/mol. The van der Waals surface area contributed by atoms with Crippen LogP contribution in [0.4, 0.5) is 0 Å². The van der Waals surface area contributed by atoms with Crippen molar-refractivity contribution in [2.75, 3.05) is 0 Å². The number of aryl methyl sites for hydroxylation is 5. The number of aromatic nitrogens is 4. The summed E-state index contributed by atoms with van der Waals surface area (Å²) in [6.07, 6.45) is 5.24. The van der Waals surface area contributed by atoms with Gasteiger partial charge < -0.3 is 9.30 Å². The molecule has 55 heavy (non-hydrogen) atoms. The van der Waals surface area contributed by atoms with Crippen molar-refractivity contribution in [1.29, 1.82) is 0 Å². The van der Waals surface area contributed by atoms with Crippen LogP contribution < -0.4 is 4.74 Å². The van der Waals surface area contributed by atoms with Gasteiger partial charge in [0.15, 0.2) is 0 Å². The molecule has 0 N–H and O–H groups in total. The second-order valence-corrected chi connectivity index (χ2v) is 14.8. The Bertz CT molecular complexity index is 2630. The van der Waals surface area contributed by atoms with Gasteiger partial charge in [0.2, 0.25) is 0 Å². The van der Waals surface area contributed by atoms with Gasteiger partial charge in [0.25, 0.3) is 0 Å². The van der Waals surface area contributed by atoms with Gasteiger partial charge in [0.1, 0.15) is 5.82 Å². The summed E-state index contributed by atoms with van der Waals surface area (Å²) in [7, 11) is 0. The Hall–Kier alpha value is -5.28. The summed E-state index contributed by atoms with van der Waals surface area (Å²) in [5, 5.41) is 7.50. The molecule has 0 atom stereocenters. The molecule has 0 fully saturated rings. The molecule has 0 saturated carbocycles. The van der Waals surface area contributed by atoms with Crippen LogP contribution in [0.15, 0.2) is 109 Å². The number of nitrogens with zero attached hydrogens (tertiary/aromatic N) is 4. The first-order valence-corrected chi connectivity index (χ1v) is 19.1. The molecular formula is C49H46N4OPd. The molecule has 0 amide bonds. The van der Waals surface area contributed by atoms with E-state index in [1.54, 1.807) is 0 Å². The zero-order valence-corrected chi connectivity index (χ0v) is 34.2. The first-order valence-electron chi connectivity index (χ1n) is 19.1. The fraction of sp³-hybridized carbons (Fsp3) is 0.224. The molecule has 0 spiro atoms. The minimum Gasteiger partial charge on any atom is -0.509 e. The quantitative estimate of drug-likeness (QED) is 0.102. The van der Waals surface area contributed by atoms with Crippen LogP contribution in [0, 0.1) is 39.8 Å². The number of fused-ring (bicyclic) bond motifs is 3. The van der Waals surface area contributed by atoms with Gasteiger partial charge in [0, 0.05) is 34.3 Å². The van der Waals surface area contributed by atoms with E-state index in [0.29, 0.717) is 11.5 Å². The van der Waals surface area contributed by atoms with Crippen LogP contribution >= 0.6 is 0 Å². The van der Waals surface area contributed by atoms with Gasteiger partial charge in [-0.3, -0.25) is 4.68 Å². The van der Waals surface area contributed by atoms with Gasteiger partial charge in [-0.15, -0.1) is 41.3 Å². The van der Waals surface area contributed by atoms with Crippen LogP contribution in [0.3, 0.4) is 0 Å². The smallest absolute Gasteiger partial charge is 0.509 e. The van der Waals surface area contributed by atoms with E-state index in [9.17, 15) is 0 Å². The van der Waals surface area contributed by atoms with E-state index in [1.807, 2.05) is 12.3 Å². The Morgan fingerprint density at radius 1 is 0.745 bits per heavy atom. The summed E-state index contributed by atoms with van der Waals surface area (Å²) in [4.78, 5) is 4.85. The number of pyridine rings is 1. The molecule has 0 radical (unpaired) electrons. The summed E-state index contributed by atoms with van der Waals surface area (Å²) >= 11 is 0. The Morgan fingerprint density at radius 3 is 2.24 bits per heavy atom. The van der Waals surface area contributed by atoms with Crippen LogP contribution in [0.1, 0.15) is 73.0 Å². The van der Waals surface area contributed by atoms with Crippen molar-refractivity contribution >= 4 is 21.8 Å². The number of hydrogen-bond donors (Lipinski definition) is 0. The number of unbranched alkanes of at least 4 members (excludes halogenated alkanes) is 1. The third-order valence-electron chi connectivity index (χ3n) is 10.4. The van der Waals surface area contributed by atoms with Crippen LogP contribution in [0.5, 0.6) is 11.5 Å². The fourth-order valence-corrected chi connectivity index (χ4v) is 7.90. The number of benzene rings is 5. The molecule has 6 heteroatoms. The van der Waals surface area contributed by atoms with Crippen LogP contribution in [-0.2, 0) is 26.8 Å². The number of hydrogen-bond acceptors (Lipinski definition) is 3. The Balaban J connectivity index is 0.00000465. The molecular weight excluding hydrogens is 767 g/mol. The molecule has 0 aliphatic heterocycles. The van der Waals surface area contributed by atoms with Crippen LogP contribution in [0.2, 0.25) is 0 Å².